The molecule has 0 aliphatic rings. The van der Waals surface area contributed by atoms with Crippen molar-refractivity contribution in [3.8, 4) is 11.8 Å². The van der Waals surface area contributed by atoms with Crippen LogP contribution in [-0.4, -0.2) is 32.2 Å². The number of carbonyl (C=O) groups excluding carboxylic acids is 1. The molecule has 0 aliphatic carbocycles. The van der Waals surface area contributed by atoms with Gasteiger partial charge in [-0.15, -0.1) is 0 Å². The van der Waals surface area contributed by atoms with Crippen molar-refractivity contribution < 1.29 is 13.9 Å². The van der Waals surface area contributed by atoms with Crippen LogP contribution in [-0.2, 0) is 4.74 Å². The van der Waals surface area contributed by atoms with E-state index < -0.39 is 5.82 Å². The third kappa shape index (κ3) is 6.39. The lowest BCUT2D eigenvalue weighted by molar-refractivity contribution is 0.0912. The third-order valence-electron chi connectivity index (χ3n) is 2.73. The number of unbranched alkanes of at least 4 members (excludes halogenated alkanes) is 1. The number of carbonyl (C=O) groups is 1. The van der Waals surface area contributed by atoms with E-state index in [0.717, 1.165) is 12.8 Å². The second-order valence-electron chi connectivity index (χ2n) is 4.42. The topological polar surface area (TPSA) is 64.3 Å². The van der Waals surface area contributed by atoms with Gasteiger partial charge >= 0.3 is 0 Å². The molecule has 1 amide bonds. The molecule has 0 aromatic heterocycles. The van der Waals surface area contributed by atoms with Gasteiger partial charge in [-0.2, -0.15) is 0 Å². The van der Waals surface area contributed by atoms with Gasteiger partial charge in [0.1, 0.15) is 5.82 Å². The van der Waals surface area contributed by atoms with Gasteiger partial charge in [0, 0.05) is 18.7 Å². The number of nitrogens with one attached hydrogen (secondary N) is 1. The van der Waals surface area contributed by atoms with Crippen molar-refractivity contribution in [2.75, 3.05) is 26.3 Å². The minimum atomic E-state index is -0.434. The molecule has 0 bridgehead atoms. The van der Waals surface area contributed by atoms with E-state index in [2.05, 4.69) is 24.1 Å². The summed E-state index contributed by atoms with van der Waals surface area (Å²) < 4.78 is 18.6. The summed E-state index contributed by atoms with van der Waals surface area (Å²) >= 11 is 0. The van der Waals surface area contributed by atoms with E-state index in [4.69, 9.17) is 10.5 Å². The Morgan fingerprint density at radius 2 is 2.24 bits per heavy atom. The summed E-state index contributed by atoms with van der Waals surface area (Å²) in [6, 6.07) is 3.89. The minimum absolute atomic E-state index is 0.156. The van der Waals surface area contributed by atoms with Crippen LogP contribution in [0.5, 0.6) is 0 Å². The first-order chi connectivity index (χ1) is 10.2. The molecule has 1 aromatic rings. The molecule has 0 saturated heterocycles. The number of halogens is 1. The van der Waals surface area contributed by atoms with Gasteiger partial charge in [0.05, 0.1) is 18.7 Å². The highest BCUT2D eigenvalue weighted by molar-refractivity contribution is 5.96. The molecule has 0 saturated carbocycles. The van der Waals surface area contributed by atoms with E-state index >= 15 is 0 Å². The van der Waals surface area contributed by atoms with Crippen LogP contribution in [0, 0.1) is 17.7 Å². The highest BCUT2D eigenvalue weighted by Crippen LogP contribution is 2.10. The Labute approximate surface area is 124 Å². The zero-order valence-corrected chi connectivity index (χ0v) is 12.2. The maximum atomic E-state index is 13.2. The molecule has 0 fully saturated rings. The Kier molecular flexibility index (Phi) is 8.10. The molecule has 1 aromatic carbocycles. The van der Waals surface area contributed by atoms with Crippen LogP contribution in [0.3, 0.4) is 0 Å². The Hall–Kier alpha value is -1.90. The van der Waals surface area contributed by atoms with Gasteiger partial charge in [0.2, 0.25) is 0 Å². The Balaban J connectivity index is 2.57. The van der Waals surface area contributed by atoms with Crippen LogP contribution in [0.1, 0.15) is 35.7 Å². The second-order valence-corrected chi connectivity index (χ2v) is 4.42. The molecule has 0 aliphatic heterocycles. The first kappa shape index (κ1) is 17.2. The first-order valence-electron chi connectivity index (χ1n) is 7.03. The number of hydrogen-bond donors (Lipinski definition) is 2. The Bertz CT molecular complexity index is 521. The number of ether oxygens (including phenoxy) is 1. The lowest BCUT2D eigenvalue weighted by Gasteiger charge is -2.08. The second kappa shape index (κ2) is 9.92. The Morgan fingerprint density at radius 1 is 1.43 bits per heavy atom. The SMILES string of the molecule is CCCCOCCNC(=O)c1ccc(F)cc1C#CCN. The van der Waals surface area contributed by atoms with Crippen molar-refractivity contribution in [1.29, 1.82) is 0 Å². The number of amides is 1. The average molecular weight is 292 g/mol. The standard InChI is InChI=1S/C16H21FN2O2/c1-2-3-10-21-11-9-19-16(20)15-7-6-14(17)12-13(15)5-4-8-18/h6-7,12H,2-3,8-11,18H2,1H3,(H,19,20). The summed E-state index contributed by atoms with van der Waals surface area (Å²) in [5, 5.41) is 2.73. The smallest absolute Gasteiger partial charge is 0.252 e. The van der Waals surface area contributed by atoms with Crippen LogP contribution in [0.25, 0.3) is 0 Å². The van der Waals surface area contributed by atoms with Crippen LogP contribution in [0.4, 0.5) is 4.39 Å². The number of rotatable bonds is 7. The molecule has 0 radical (unpaired) electrons. The number of hydrogen-bond acceptors (Lipinski definition) is 3. The molecule has 0 spiro atoms. The average Bonchev–Trinajstić information content (AvgIpc) is 2.48. The molecule has 1 rings (SSSR count). The molecule has 5 heteroatoms. The van der Waals surface area contributed by atoms with Crippen molar-refractivity contribution in [2.24, 2.45) is 5.73 Å². The van der Waals surface area contributed by atoms with Crippen molar-refractivity contribution in [2.45, 2.75) is 19.8 Å². The van der Waals surface area contributed by atoms with E-state index in [-0.39, 0.29) is 12.5 Å². The van der Waals surface area contributed by atoms with Crippen LogP contribution >= 0.6 is 0 Å². The van der Waals surface area contributed by atoms with Crippen LogP contribution < -0.4 is 11.1 Å². The predicted octanol–water partition coefficient (Wildman–Crippen LogP) is 1.68. The van der Waals surface area contributed by atoms with Crippen molar-refractivity contribution in [3.05, 3.63) is 35.1 Å². The van der Waals surface area contributed by atoms with Crippen molar-refractivity contribution in [3.63, 3.8) is 0 Å². The number of benzene rings is 1. The fourth-order valence-corrected chi connectivity index (χ4v) is 1.64. The third-order valence-corrected chi connectivity index (χ3v) is 2.73. The monoisotopic (exact) mass is 292 g/mol. The normalized spacial score (nSPS) is 9.86. The highest BCUT2D eigenvalue weighted by atomic mass is 19.1. The number of nitrogens with two attached hydrogens (primary N) is 1. The van der Waals surface area contributed by atoms with E-state index in [9.17, 15) is 9.18 Å². The highest BCUT2D eigenvalue weighted by Gasteiger charge is 2.10. The van der Waals surface area contributed by atoms with Crippen molar-refractivity contribution in [1.82, 2.24) is 5.32 Å². The minimum Gasteiger partial charge on any atom is -0.380 e. The van der Waals surface area contributed by atoms with Gasteiger partial charge in [-0.3, -0.25) is 4.79 Å². The maximum absolute atomic E-state index is 13.2. The van der Waals surface area contributed by atoms with Crippen molar-refractivity contribution >= 4 is 5.91 Å². The van der Waals surface area contributed by atoms with E-state index in [0.29, 0.717) is 30.9 Å². The zero-order valence-electron chi connectivity index (χ0n) is 12.2. The summed E-state index contributed by atoms with van der Waals surface area (Å²) in [6.45, 7) is 3.79. The summed E-state index contributed by atoms with van der Waals surface area (Å²) in [4.78, 5) is 12.0. The fraction of sp³-hybridized carbons (Fsp3) is 0.438. The molecule has 0 atom stereocenters. The Morgan fingerprint density at radius 3 is 2.95 bits per heavy atom. The van der Waals surface area contributed by atoms with E-state index in [1.807, 2.05) is 0 Å². The van der Waals surface area contributed by atoms with Gasteiger partial charge in [0.25, 0.3) is 5.91 Å². The van der Waals surface area contributed by atoms with Crippen LogP contribution in [0.2, 0.25) is 0 Å². The predicted molar refractivity (Wildman–Crippen MR) is 80.4 cm³/mol. The molecule has 0 heterocycles. The quantitative estimate of drug-likeness (QED) is 0.593. The molecular weight excluding hydrogens is 271 g/mol. The van der Waals surface area contributed by atoms with Crippen LogP contribution in [0.15, 0.2) is 18.2 Å². The van der Waals surface area contributed by atoms with Gasteiger partial charge in [-0.25, -0.2) is 4.39 Å². The fourth-order valence-electron chi connectivity index (χ4n) is 1.64. The lowest BCUT2D eigenvalue weighted by atomic mass is 10.1. The summed E-state index contributed by atoms with van der Waals surface area (Å²) in [6.07, 6.45) is 2.08. The lowest BCUT2D eigenvalue weighted by Crippen LogP contribution is -2.28. The molecule has 21 heavy (non-hydrogen) atoms. The first-order valence-corrected chi connectivity index (χ1v) is 7.03. The van der Waals surface area contributed by atoms with Gasteiger partial charge < -0.3 is 15.8 Å². The zero-order chi connectivity index (χ0) is 15.5. The van der Waals surface area contributed by atoms with E-state index in [1.54, 1.807) is 0 Å². The largest absolute Gasteiger partial charge is 0.380 e. The van der Waals surface area contributed by atoms with E-state index in [1.165, 1.54) is 18.2 Å². The molecule has 3 N–H and O–H groups in total. The summed E-state index contributed by atoms with van der Waals surface area (Å²) in [7, 11) is 0. The molecule has 0 unspecified atom stereocenters. The molecule has 4 nitrogen and oxygen atoms in total. The molecular formula is C16H21FN2O2. The summed E-state index contributed by atoms with van der Waals surface area (Å²) in [5.41, 5.74) is 5.97. The molecule has 114 valence electrons. The summed E-state index contributed by atoms with van der Waals surface area (Å²) in [5.74, 6) is 4.60. The van der Waals surface area contributed by atoms with Gasteiger partial charge in [0.15, 0.2) is 0 Å². The van der Waals surface area contributed by atoms with Gasteiger partial charge in [-0.1, -0.05) is 25.2 Å². The maximum Gasteiger partial charge on any atom is 0.252 e. The van der Waals surface area contributed by atoms with Gasteiger partial charge in [-0.05, 0) is 24.6 Å².